The van der Waals surface area contributed by atoms with Gasteiger partial charge in [0, 0.05) is 5.69 Å². The average molecular weight is 280 g/mol. The van der Waals surface area contributed by atoms with Gasteiger partial charge >= 0.3 is 0 Å². The number of nitrogens with one attached hydrogen (secondary N) is 1. The van der Waals surface area contributed by atoms with Gasteiger partial charge in [0.15, 0.2) is 0 Å². The summed E-state index contributed by atoms with van der Waals surface area (Å²) in [5.74, 6) is 0.458. The Hall–Kier alpha value is -2.29. The normalized spacial score (nSPS) is 15.5. The van der Waals surface area contributed by atoms with Crippen molar-refractivity contribution in [2.24, 2.45) is 5.92 Å². The molecule has 3 N–H and O–H groups in total. The fourth-order valence-corrected chi connectivity index (χ4v) is 2.65. The van der Waals surface area contributed by atoms with Crippen LogP contribution in [0.25, 0.3) is 0 Å². The fraction of sp³-hybridized carbons (Fsp3) is 0.278. The molecule has 1 aliphatic carbocycles. The van der Waals surface area contributed by atoms with E-state index in [1.165, 1.54) is 18.4 Å². The predicted octanol–water partition coefficient (Wildman–Crippen LogP) is 3.46. The van der Waals surface area contributed by atoms with E-state index in [4.69, 9.17) is 5.73 Å². The van der Waals surface area contributed by atoms with Crippen LogP contribution in [0.2, 0.25) is 0 Å². The Bertz CT molecular complexity index is 648. The molecule has 21 heavy (non-hydrogen) atoms. The zero-order valence-electron chi connectivity index (χ0n) is 12.2. The van der Waals surface area contributed by atoms with Crippen LogP contribution in [0, 0.1) is 12.8 Å². The Kier molecular flexibility index (Phi) is 3.65. The molecule has 1 fully saturated rings. The first-order valence-electron chi connectivity index (χ1n) is 7.37. The molecule has 108 valence electrons. The highest BCUT2D eigenvalue weighted by Crippen LogP contribution is 2.41. The SMILES string of the molecule is Cc1ccc(N)c(C(=O)NC(c2ccccc2)C2CC2)c1. The number of anilines is 1. The number of rotatable bonds is 4. The molecule has 1 atom stereocenters. The van der Waals surface area contributed by atoms with Crippen LogP contribution in [0.4, 0.5) is 5.69 Å². The van der Waals surface area contributed by atoms with Gasteiger partial charge in [0.2, 0.25) is 0 Å². The average Bonchev–Trinajstić information content (AvgIpc) is 3.32. The number of amides is 1. The number of nitrogen functional groups attached to an aromatic ring is 1. The quantitative estimate of drug-likeness (QED) is 0.843. The number of carbonyl (C=O) groups excluding carboxylic acids is 1. The van der Waals surface area contributed by atoms with Gasteiger partial charge < -0.3 is 11.1 Å². The van der Waals surface area contributed by atoms with Gasteiger partial charge in [-0.25, -0.2) is 0 Å². The minimum absolute atomic E-state index is 0.0820. The van der Waals surface area contributed by atoms with Crippen LogP contribution in [0.5, 0.6) is 0 Å². The van der Waals surface area contributed by atoms with E-state index in [0.29, 0.717) is 17.2 Å². The van der Waals surface area contributed by atoms with Crippen molar-refractivity contribution < 1.29 is 4.79 Å². The third-order valence-electron chi connectivity index (χ3n) is 3.99. The molecule has 3 rings (SSSR count). The Morgan fingerprint density at radius 3 is 2.57 bits per heavy atom. The van der Waals surface area contributed by atoms with Crippen LogP contribution in [0.15, 0.2) is 48.5 Å². The lowest BCUT2D eigenvalue weighted by Gasteiger charge is -2.19. The highest BCUT2D eigenvalue weighted by atomic mass is 16.1. The first-order valence-corrected chi connectivity index (χ1v) is 7.37. The van der Waals surface area contributed by atoms with Crippen molar-refractivity contribution >= 4 is 11.6 Å². The molecule has 0 saturated heterocycles. The molecule has 0 heterocycles. The summed E-state index contributed by atoms with van der Waals surface area (Å²) in [6.07, 6.45) is 2.34. The largest absolute Gasteiger partial charge is 0.398 e. The van der Waals surface area contributed by atoms with Gasteiger partial charge in [-0.2, -0.15) is 0 Å². The van der Waals surface area contributed by atoms with Crippen LogP contribution < -0.4 is 11.1 Å². The Balaban J connectivity index is 1.83. The highest BCUT2D eigenvalue weighted by molar-refractivity contribution is 5.99. The second kappa shape index (κ2) is 5.60. The Labute approximate surface area is 125 Å². The lowest BCUT2D eigenvalue weighted by Crippen LogP contribution is -2.30. The van der Waals surface area contributed by atoms with Crippen LogP contribution in [-0.4, -0.2) is 5.91 Å². The van der Waals surface area contributed by atoms with E-state index in [0.717, 1.165) is 5.56 Å². The maximum atomic E-state index is 12.5. The summed E-state index contributed by atoms with van der Waals surface area (Å²) in [5.41, 5.74) is 9.24. The highest BCUT2D eigenvalue weighted by Gasteiger charge is 2.33. The molecule has 0 aromatic heterocycles. The summed E-state index contributed by atoms with van der Waals surface area (Å²) < 4.78 is 0. The maximum Gasteiger partial charge on any atom is 0.253 e. The molecule has 1 amide bonds. The van der Waals surface area contributed by atoms with Crippen molar-refractivity contribution in [1.82, 2.24) is 5.32 Å². The van der Waals surface area contributed by atoms with E-state index in [9.17, 15) is 4.79 Å². The summed E-state index contributed by atoms with van der Waals surface area (Å²) in [5, 5.41) is 3.16. The molecule has 0 radical (unpaired) electrons. The van der Waals surface area contributed by atoms with E-state index in [2.05, 4.69) is 17.4 Å². The van der Waals surface area contributed by atoms with Crippen molar-refractivity contribution in [3.63, 3.8) is 0 Å². The molecule has 2 aromatic rings. The molecule has 0 bridgehead atoms. The van der Waals surface area contributed by atoms with Crippen LogP contribution in [-0.2, 0) is 0 Å². The summed E-state index contributed by atoms with van der Waals surface area (Å²) in [6.45, 7) is 1.96. The molecule has 2 aromatic carbocycles. The monoisotopic (exact) mass is 280 g/mol. The van der Waals surface area contributed by atoms with Crippen molar-refractivity contribution in [3.8, 4) is 0 Å². The van der Waals surface area contributed by atoms with Crippen LogP contribution >= 0.6 is 0 Å². The van der Waals surface area contributed by atoms with Crippen LogP contribution in [0.3, 0.4) is 0 Å². The molecule has 3 nitrogen and oxygen atoms in total. The van der Waals surface area contributed by atoms with Crippen molar-refractivity contribution in [2.45, 2.75) is 25.8 Å². The molecule has 1 saturated carbocycles. The van der Waals surface area contributed by atoms with E-state index >= 15 is 0 Å². The van der Waals surface area contributed by atoms with Gasteiger partial charge in [-0.3, -0.25) is 4.79 Å². The number of carbonyl (C=O) groups is 1. The van der Waals surface area contributed by atoms with Gasteiger partial charge in [-0.1, -0.05) is 42.0 Å². The lowest BCUT2D eigenvalue weighted by atomic mass is 10.0. The van der Waals surface area contributed by atoms with Gasteiger partial charge in [-0.05, 0) is 43.4 Å². The molecule has 1 unspecified atom stereocenters. The third-order valence-corrected chi connectivity index (χ3v) is 3.99. The zero-order valence-corrected chi connectivity index (χ0v) is 12.2. The van der Waals surface area contributed by atoms with E-state index in [1.807, 2.05) is 37.3 Å². The fourth-order valence-electron chi connectivity index (χ4n) is 2.65. The molecule has 3 heteroatoms. The number of benzene rings is 2. The van der Waals surface area contributed by atoms with Crippen molar-refractivity contribution in [3.05, 3.63) is 65.2 Å². The molecular weight excluding hydrogens is 260 g/mol. The summed E-state index contributed by atoms with van der Waals surface area (Å²) in [6, 6.07) is 15.8. The molecule has 1 aliphatic rings. The van der Waals surface area contributed by atoms with Gasteiger partial charge in [0.25, 0.3) is 5.91 Å². The van der Waals surface area contributed by atoms with Crippen molar-refractivity contribution in [2.75, 3.05) is 5.73 Å². The maximum absolute atomic E-state index is 12.5. The van der Waals surface area contributed by atoms with Crippen LogP contribution in [0.1, 0.15) is 40.4 Å². The van der Waals surface area contributed by atoms with Gasteiger partial charge in [-0.15, -0.1) is 0 Å². The molecular formula is C18H20N2O. The minimum Gasteiger partial charge on any atom is -0.398 e. The topological polar surface area (TPSA) is 55.1 Å². The smallest absolute Gasteiger partial charge is 0.253 e. The lowest BCUT2D eigenvalue weighted by molar-refractivity contribution is 0.0932. The standard InChI is InChI=1S/C18H20N2O/c1-12-7-10-16(19)15(11-12)18(21)20-17(14-8-9-14)13-5-3-2-4-6-13/h2-7,10-11,14,17H,8-9,19H2,1H3,(H,20,21). The van der Waals surface area contributed by atoms with Crippen molar-refractivity contribution in [1.29, 1.82) is 0 Å². The minimum atomic E-state index is -0.0862. The Morgan fingerprint density at radius 2 is 1.90 bits per heavy atom. The number of aryl methyl sites for hydroxylation is 1. The van der Waals surface area contributed by atoms with Gasteiger partial charge in [0.1, 0.15) is 0 Å². The van der Waals surface area contributed by atoms with E-state index in [1.54, 1.807) is 6.07 Å². The van der Waals surface area contributed by atoms with Gasteiger partial charge in [0.05, 0.1) is 11.6 Å². The second-order valence-corrected chi connectivity index (χ2v) is 5.79. The number of nitrogens with two attached hydrogens (primary N) is 1. The second-order valence-electron chi connectivity index (χ2n) is 5.79. The Morgan fingerprint density at radius 1 is 1.19 bits per heavy atom. The van der Waals surface area contributed by atoms with E-state index < -0.39 is 0 Å². The first-order chi connectivity index (χ1) is 10.1. The number of hydrogen-bond acceptors (Lipinski definition) is 2. The summed E-state index contributed by atoms with van der Waals surface area (Å²) in [7, 11) is 0. The summed E-state index contributed by atoms with van der Waals surface area (Å²) in [4.78, 5) is 12.5. The number of hydrogen-bond donors (Lipinski definition) is 2. The zero-order chi connectivity index (χ0) is 14.8. The predicted molar refractivity (Wildman–Crippen MR) is 85.0 cm³/mol. The summed E-state index contributed by atoms with van der Waals surface area (Å²) >= 11 is 0. The molecule has 0 spiro atoms. The van der Waals surface area contributed by atoms with E-state index in [-0.39, 0.29) is 11.9 Å². The molecule has 0 aliphatic heterocycles. The third kappa shape index (κ3) is 3.07. The first kappa shape index (κ1) is 13.7.